The highest BCUT2D eigenvalue weighted by atomic mass is 16.5. The summed E-state index contributed by atoms with van der Waals surface area (Å²) in [6, 6.07) is 0. The lowest BCUT2D eigenvalue weighted by Gasteiger charge is -2.35. The highest BCUT2D eigenvalue weighted by Gasteiger charge is 2.27. The van der Waals surface area contributed by atoms with E-state index < -0.39 is 0 Å². The van der Waals surface area contributed by atoms with E-state index in [2.05, 4.69) is 40.8 Å². The molecule has 1 unspecified atom stereocenters. The maximum Gasteiger partial charge on any atom is 0.308 e. The smallest absolute Gasteiger partial charge is 0.308 e. The van der Waals surface area contributed by atoms with Gasteiger partial charge in [-0.05, 0) is 32.2 Å². The Kier molecular flexibility index (Phi) is 9.34. The van der Waals surface area contributed by atoms with Crippen LogP contribution in [-0.4, -0.2) is 99.2 Å². The number of piperazine rings is 1. The van der Waals surface area contributed by atoms with E-state index in [0.29, 0.717) is 5.92 Å². The van der Waals surface area contributed by atoms with Crippen molar-refractivity contribution in [3.05, 3.63) is 0 Å². The first-order valence-electron chi connectivity index (χ1n) is 10.6. The fraction of sp³-hybridized carbons (Fsp3) is 0.900. The number of likely N-dealkylation sites (tertiary alicyclic amines) is 1. The van der Waals surface area contributed by atoms with Crippen LogP contribution in [-0.2, 0) is 9.53 Å². The molecule has 0 aliphatic carbocycles. The van der Waals surface area contributed by atoms with Gasteiger partial charge in [0.25, 0.3) is 0 Å². The van der Waals surface area contributed by atoms with E-state index in [1.165, 1.54) is 33.3 Å². The van der Waals surface area contributed by atoms with Crippen molar-refractivity contribution in [1.29, 1.82) is 0 Å². The van der Waals surface area contributed by atoms with Crippen LogP contribution >= 0.6 is 0 Å². The predicted molar refractivity (Wildman–Crippen MR) is 110 cm³/mol. The maximum absolute atomic E-state index is 11.7. The van der Waals surface area contributed by atoms with E-state index >= 15 is 0 Å². The van der Waals surface area contributed by atoms with Gasteiger partial charge >= 0.3 is 5.97 Å². The van der Waals surface area contributed by atoms with E-state index in [-0.39, 0.29) is 11.9 Å². The van der Waals surface area contributed by atoms with Crippen molar-refractivity contribution in [3.8, 4) is 0 Å². The third-order valence-electron chi connectivity index (χ3n) is 5.70. The first-order valence-corrected chi connectivity index (χ1v) is 10.6. The molecular formula is C20H39N5O2. The molecule has 0 aromatic rings. The first kappa shape index (κ1) is 22.0. The standard InChI is InChI=1S/C20H39N5O2/c1-5-21-20(25-9-7-18(8-10-25)19(26)27-4)22-15-17(3)16-24-13-11-23(6-2)12-14-24/h17-18H,5-16H2,1-4H3,(H,21,22). The second-order valence-corrected chi connectivity index (χ2v) is 7.82. The minimum atomic E-state index is -0.0756. The zero-order valence-corrected chi connectivity index (χ0v) is 17.7. The van der Waals surface area contributed by atoms with Crippen LogP contribution in [0.15, 0.2) is 4.99 Å². The molecule has 0 radical (unpaired) electrons. The summed E-state index contributed by atoms with van der Waals surface area (Å²) in [5, 5.41) is 3.42. The Morgan fingerprint density at radius 3 is 2.30 bits per heavy atom. The molecule has 0 aromatic carbocycles. The SMILES string of the molecule is CCNC(=NCC(C)CN1CCN(CC)CC1)N1CCC(C(=O)OC)CC1. The van der Waals surface area contributed by atoms with Gasteiger partial charge in [0.15, 0.2) is 5.96 Å². The summed E-state index contributed by atoms with van der Waals surface area (Å²) in [5.74, 6) is 1.49. The molecule has 1 N–H and O–H groups in total. The zero-order chi connectivity index (χ0) is 19.6. The van der Waals surface area contributed by atoms with Crippen LogP contribution in [0, 0.1) is 11.8 Å². The number of aliphatic imine (C=N–C) groups is 1. The summed E-state index contributed by atoms with van der Waals surface area (Å²) >= 11 is 0. The highest BCUT2D eigenvalue weighted by molar-refractivity contribution is 5.80. The van der Waals surface area contributed by atoms with Gasteiger partial charge in [0.05, 0.1) is 13.0 Å². The van der Waals surface area contributed by atoms with Gasteiger partial charge in [-0.1, -0.05) is 13.8 Å². The van der Waals surface area contributed by atoms with Gasteiger partial charge in [0.1, 0.15) is 0 Å². The molecule has 2 heterocycles. The first-order chi connectivity index (χ1) is 13.1. The van der Waals surface area contributed by atoms with Gasteiger partial charge < -0.3 is 24.8 Å². The molecule has 0 amide bonds. The number of nitrogens with zero attached hydrogens (tertiary/aromatic N) is 4. The van der Waals surface area contributed by atoms with Crippen molar-refractivity contribution in [2.45, 2.75) is 33.6 Å². The number of piperidine rings is 1. The second-order valence-electron chi connectivity index (χ2n) is 7.82. The Morgan fingerprint density at radius 2 is 1.74 bits per heavy atom. The number of nitrogens with one attached hydrogen (secondary N) is 1. The third kappa shape index (κ3) is 6.96. The molecule has 2 rings (SSSR count). The van der Waals surface area contributed by atoms with Gasteiger partial charge in [-0.3, -0.25) is 9.79 Å². The van der Waals surface area contributed by atoms with Gasteiger partial charge in [-0.2, -0.15) is 0 Å². The Bertz CT molecular complexity index is 469. The van der Waals surface area contributed by atoms with E-state index in [9.17, 15) is 4.79 Å². The molecule has 27 heavy (non-hydrogen) atoms. The Labute approximate surface area is 165 Å². The molecular weight excluding hydrogens is 342 g/mol. The fourth-order valence-corrected chi connectivity index (χ4v) is 3.95. The van der Waals surface area contributed by atoms with Crippen LogP contribution in [0.4, 0.5) is 0 Å². The molecule has 2 aliphatic rings. The summed E-state index contributed by atoms with van der Waals surface area (Å²) in [5.41, 5.74) is 0. The monoisotopic (exact) mass is 381 g/mol. The van der Waals surface area contributed by atoms with Crippen molar-refractivity contribution < 1.29 is 9.53 Å². The molecule has 2 fully saturated rings. The van der Waals surface area contributed by atoms with E-state index in [1.807, 2.05) is 0 Å². The molecule has 2 aliphatic heterocycles. The molecule has 0 bridgehead atoms. The summed E-state index contributed by atoms with van der Waals surface area (Å²) in [4.78, 5) is 24.0. The van der Waals surface area contributed by atoms with Crippen molar-refractivity contribution in [2.24, 2.45) is 16.8 Å². The van der Waals surface area contributed by atoms with Crippen LogP contribution in [0.3, 0.4) is 0 Å². The number of esters is 1. The molecule has 7 heteroatoms. The van der Waals surface area contributed by atoms with Crippen LogP contribution < -0.4 is 5.32 Å². The quantitative estimate of drug-likeness (QED) is 0.405. The zero-order valence-electron chi connectivity index (χ0n) is 17.7. The predicted octanol–water partition coefficient (Wildman–Crippen LogP) is 1.11. The number of rotatable bonds is 7. The normalized spacial score (nSPS) is 21.9. The van der Waals surface area contributed by atoms with E-state index in [0.717, 1.165) is 58.1 Å². The van der Waals surface area contributed by atoms with Gasteiger partial charge in [0, 0.05) is 58.9 Å². The number of hydrogen-bond acceptors (Lipinski definition) is 5. The summed E-state index contributed by atoms with van der Waals surface area (Å²) in [7, 11) is 1.48. The van der Waals surface area contributed by atoms with Gasteiger partial charge in [0.2, 0.25) is 0 Å². The number of ether oxygens (including phenoxy) is 1. The topological polar surface area (TPSA) is 60.4 Å². The number of guanidine groups is 1. The Balaban J connectivity index is 1.80. The molecule has 0 aromatic heterocycles. The summed E-state index contributed by atoms with van der Waals surface area (Å²) in [6.07, 6.45) is 1.68. The summed E-state index contributed by atoms with van der Waals surface area (Å²) < 4.78 is 4.89. The number of carbonyl (C=O) groups excluding carboxylic acids is 1. The average molecular weight is 382 g/mol. The molecule has 1 atom stereocenters. The van der Waals surface area contributed by atoms with Crippen molar-refractivity contribution in [3.63, 3.8) is 0 Å². The van der Waals surface area contributed by atoms with Crippen molar-refractivity contribution in [2.75, 3.05) is 72.6 Å². The highest BCUT2D eigenvalue weighted by Crippen LogP contribution is 2.18. The lowest BCUT2D eigenvalue weighted by atomic mass is 9.97. The molecule has 7 nitrogen and oxygen atoms in total. The fourth-order valence-electron chi connectivity index (χ4n) is 3.95. The largest absolute Gasteiger partial charge is 0.469 e. The van der Waals surface area contributed by atoms with Crippen LogP contribution in [0.2, 0.25) is 0 Å². The van der Waals surface area contributed by atoms with Crippen molar-refractivity contribution in [1.82, 2.24) is 20.0 Å². The van der Waals surface area contributed by atoms with E-state index in [1.54, 1.807) is 0 Å². The number of methoxy groups -OCH3 is 1. The minimum absolute atomic E-state index is 0.0369. The third-order valence-corrected chi connectivity index (χ3v) is 5.70. The van der Waals surface area contributed by atoms with Gasteiger partial charge in [-0.15, -0.1) is 0 Å². The number of carbonyl (C=O) groups is 1. The molecule has 2 saturated heterocycles. The van der Waals surface area contributed by atoms with E-state index in [4.69, 9.17) is 9.73 Å². The molecule has 0 saturated carbocycles. The second kappa shape index (κ2) is 11.5. The Hall–Kier alpha value is -1.34. The van der Waals surface area contributed by atoms with Crippen LogP contribution in [0.5, 0.6) is 0 Å². The maximum atomic E-state index is 11.7. The summed E-state index contributed by atoms with van der Waals surface area (Å²) in [6.45, 7) is 17.0. The van der Waals surface area contributed by atoms with Crippen molar-refractivity contribution >= 4 is 11.9 Å². The van der Waals surface area contributed by atoms with Crippen LogP contribution in [0.1, 0.15) is 33.6 Å². The Morgan fingerprint density at radius 1 is 1.11 bits per heavy atom. The minimum Gasteiger partial charge on any atom is -0.469 e. The molecule has 0 spiro atoms. The number of likely N-dealkylation sites (N-methyl/N-ethyl adjacent to an activating group) is 1. The molecule has 156 valence electrons. The van der Waals surface area contributed by atoms with Gasteiger partial charge in [-0.25, -0.2) is 0 Å². The lowest BCUT2D eigenvalue weighted by molar-refractivity contribution is -0.146. The lowest BCUT2D eigenvalue weighted by Crippen LogP contribution is -2.48. The average Bonchev–Trinajstić information content (AvgIpc) is 2.71. The number of hydrogen-bond donors (Lipinski definition) is 1. The van der Waals surface area contributed by atoms with Crippen LogP contribution in [0.25, 0.3) is 0 Å².